The number of thioether (sulfide) groups is 1. The largest absolute Gasteiger partial charge is 0.481 e. The van der Waals surface area contributed by atoms with Gasteiger partial charge in [0.05, 0.1) is 5.75 Å². The standard InChI is InChI=1S/C13H15F2NO3S/c14-10-3-1-2-9(13(10)15)4-5-11(17)16-6-7-20-8-12(18)19/h1-3H,4-8H2,(H,16,17)(H,18,19). The number of carboxylic acid groups (broad SMARTS) is 1. The van der Waals surface area contributed by atoms with E-state index in [2.05, 4.69) is 5.32 Å². The Kier molecular flexibility index (Phi) is 7.00. The van der Waals surface area contributed by atoms with Gasteiger partial charge < -0.3 is 10.4 Å². The highest BCUT2D eigenvalue weighted by Crippen LogP contribution is 2.13. The van der Waals surface area contributed by atoms with Gasteiger partial charge >= 0.3 is 5.97 Å². The maximum atomic E-state index is 13.3. The first-order chi connectivity index (χ1) is 9.50. The van der Waals surface area contributed by atoms with E-state index in [1.54, 1.807) is 0 Å². The Balaban J connectivity index is 2.23. The van der Waals surface area contributed by atoms with Gasteiger partial charge in [-0.25, -0.2) is 8.78 Å². The van der Waals surface area contributed by atoms with Gasteiger partial charge in [-0.1, -0.05) is 12.1 Å². The number of rotatable bonds is 8. The highest BCUT2D eigenvalue weighted by atomic mass is 32.2. The van der Waals surface area contributed by atoms with Crippen LogP contribution in [0.25, 0.3) is 0 Å². The molecule has 1 aromatic rings. The van der Waals surface area contributed by atoms with Crippen molar-refractivity contribution >= 4 is 23.6 Å². The number of aliphatic carboxylic acids is 1. The Morgan fingerprint density at radius 3 is 2.75 bits per heavy atom. The number of halogens is 2. The number of carboxylic acids is 1. The van der Waals surface area contributed by atoms with E-state index in [4.69, 9.17) is 5.11 Å². The molecule has 0 aromatic heterocycles. The van der Waals surface area contributed by atoms with Crippen molar-refractivity contribution in [3.63, 3.8) is 0 Å². The number of carbonyl (C=O) groups is 2. The molecule has 0 fully saturated rings. The number of amides is 1. The number of carbonyl (C=O) groups excluding carboxylic acids is 1. The molecule has 20 heavy (non-hydrogen) atoms. The van der Waals surface area contributed by atoms with Crippen LogP contribution in [0, 0.1) is 11.6 Å². The van der Waals surface area contributed by atoms with Gasteiger partial charge in [-0.2, -0.15) is 0 Å². The van der Waals surface area contributed by atoms with Crippen LogP contribution in [-0.2, 0) is 16.0 Å². The van der Waals surface area contributed by atoms with Crippen LogP contribution in [0.3, 0.4) is 0 Å². The average Bonchev–Trinajstić information content (AvgIpc) is 2.39. The van der Waals surface area contributed by atoms with Crippen molar-refractivity contribution in [2.45, 2.75) is 12.8 Å². The molecule has 0 saturated heterocycles. The molecule has 1 rings (SSSR count). The molecule has 0 saturated carbocycles. The van der Waals surface area contributed by atoms with Crippen molar-refractivity contribution < 1.29 is 23.5 Å². The van der Waals surface area contributed by atoms with Crippen LogP contribution in [0.15, 0.2) is 18.2 Å². The first-order valence-electron chi connectivity index (χ1n) is 6.00. The SMILES string of the molecule is O=C(O)CSCCNC(=O)CCc1cccc(F)c1F. The van der Waals surface area contributed by atoms with Gasteiger partial charge in [-0.05, 0) is 18.1 Å². The Bertz CT molecular complexity index is 483. The molecule has 0 unspecified atom stereocenters. The molecule has 4 nitrogen and oxygen atoms in total. The van der Waals surface area contributed by atoms with Crippen LogP contribution in [-0.4, -0.2) is 35.0 Å². The summed E-state index contributed by atoms with van der Waals surface area (Å²) in [4.78, 5) is 21.7. The van der Waals surface area contributed by atoms with Crippen LogP contribution in [0.1, 0.15) is 12.0 Å². The quantitative estimate of drug-likeness (QED) is 0.719. The van der Waals surface area contributed by atoms with E-state index in [1.165, 1.54) is 23.9 Å². The molecule has 0 aliphatic heterocycles. The fraction of sp³-hybridized carbons (Fsp3) is 0.385. The van der Waals surface area contributed by atoms with Gasteiger partial charge in [0.15, 0.2) is 11.6 Å². The van der Waals surface area contributed by atoms with Crippen molar-refractivity contribution in [1.82, 2.24) is 5.32 Å². The fourth-order valence-corrected chi connectivity index (χ4v) is 2.07. The van der Waals surface area contributed by atoms with E-state index < -0.39 is 17.6 Å². The third-order valence-corrected chi connectivity index (χ3v) is 3.39. The fourth-order valence-electron chi connectivity index (χ4n) is 1.50. The van der Waals surface area contributed by atoms with Crippen molar-refractivity contribution in [2.75, 3.05) is 18.1 Å². The summed E-state index contributed by atoms with van der Waals surface area (Å²) < 4.78 is 26.2. The zero-order valence-corrected chi connectivity index (χ0v) is 11.5. The minimum atomic E-state index is -0.923. The maximum Gasteiger partial charge on any atom is 0.313 e. The summed E-state index contributed by atoms with van der Waals surface area (Å²) in [7, 11) is 0. The average molecular weight is 303 g/mol. The minimum absolute atomic E-state index is 0.00955. The van der Waals surface area contributed by atoms with Crippen LogP contribution in [0.4, 0.5) is 8.78 Å². The number of hydrogen-bond acceptors (Lipinski definition) is 3. The predicted octanol–water partition coefficient (Wildman–Crippen LogP) is 1.83. The van der Waals surface area contributed by atoms with Crippen molar-refractivity contribution in [2.24, 2.45) is 0 Å². The van der Waals surface area contributed by atoms with Crippen molar-refractivity contribution in [3.8, 4) is 0 Å². The molecule has 1 amide bonds. The lowest BCUT2D eigenvalue weighted by Gasteiger charge is -2.06. The summed E-state index contributed by atoms with van der Waals surface area (Å²) in [6, 6.07) is 3.86. The molecule has 7 heteroatoms. The number of aryl methyl sites for hydroxylation is 1. The molecule has 110 valence electrons. The molecule has 0 aliphatic carbocycles. The molecule has 0 bridgehead atoms. The first-order valence-corrected chi connectivity index (χ1v) is 7.15. The van der Waals surface area contributed by atoms with Gasteiger partial charge in [-0.3, -0.25) is 9.59 Å². The molecule has 0 spiro atoms. The lowest BCUT2D eigenvalue weighted by molar-refractivity contribution is -0.133. The predicted molar refractivity (Wildman–Crippen MR) is 72.6 cm³/mol. The topological polar surface area (TPSA) is 66.4 Å². The van der Waals surface area contributed by atoms with Crippen LogP contribution < -0.4 is 5.32 Å². The number of benzene rings is 1. The maximum absolute atomic E-state index is 13.3. The van der Waals surface area contributed by atoms with Gasteiger partial charge in [0.1, 0.15) is 0 Å². The van der Waals surface area contributed by atoms with E-state index >= 15 is 0 Å². The van der Waals surface area contributed by atoms with Crippen LogP contribution in [0.2, 0.25) is 0 Å². The normalized spacial score (nSPS) is 10.3. The second-order valence-electron chi connectivity index (χ2n) is 4.01. The second-order valence-corrected chi connectivity index (χ2v) is 5.11. The Labute approximate surface area is 119 Å². The summed E-state index contributed by atoms with van der Waals surface area (Å²) in [6.45, 7) is 0.350. The van der Waals surface area contributed by atoms with Crippen LogP contribution in [0.5, 0.6) is 0 Å². The monoisotopic (exact) mass is 303 g/mol. The lowest BCUT2D eigenvalue weighted by atomic mass is 10.1. The molecule has 0 radical (unpaired) electrons. The second kappa shape index (κ2) is 8.52. The smallest absolute Gasteiger partial charge is 0.313 e. The van der Waals surface area contributed by atoms with Gasteiger partial charge in [0.25, 0.3) is 0 Å². The van der Waals surface area contributed by atoms with Crippen molar-refractivity contribution in [3.05, 3.63) is 35.4 Å². The van der Waals surface area contributed by atoms with Gasteiger partial charge in [0.2, 0.25) is 5.91 Å². The Morgan fingerprint density at radius 1 is 1.30 bits per heavy atom. The van der Waals surface area contributed by atoms with E-state index in [1.807, 2.05) is 0 Å². The van der Waals surface area contributed by atoms with Crippen molar-refractivity contribution in [1.29, 1.82) is 0 Å². The molecule has 0 aliphatic rings. The van der Waals surface area contributed by atoms with E-state index in [0.29, 0.717) is 12.3 Å². The molecular weight excluding hydrogens is 288 g/mol. The highest BCUT2D eigenvalue weighted by molar-refractivity contribution is 7.99. The lowest BCUT2D eigenvalue weighted by Crippen LogP contribution is -2.26. The first kappa shape index (κ1) is 16.4. The summed E-state index contributed by atoms with van der Waals surface area (Å²) in [5.41, 5.74) is 0.167. The molecular formula is C13H15F2NO3S. The molecule has 2 N–H and O–H groups in total. The third kappa shape index (κ3) is 6.01. The molecule has 0 heterocycles. The van der Waals surface area contributed by atoms with E-state index in [9.17, 15) is 18.4 Å². The summed E-state index contributed by atoms with van der Waals surface area (Å²) in [5.74, 6) is -2.53. The summed E-state index contributed by atoms with van der Waals surface area (Å²) >= 11 is 1.20. The summed E-state index contributed by atoms with van der Waals surface area (Å²) in [5, 5.41) is 11.0. The van der Waals surface area contributed by atoms with E-state index in [0.717, 1.165) is 6.07 Å². The zero-order valence-electron chi connectivity index (χ0n) is 10.7. The van der Waals surface area contributed by atoms with Gasteiger partial charge in [0, 0.05) is 18.7 Å². The Hall–Kier alpha value is -1.63. The minimum Gasteiger partial charge on any atom is -0.481 e. The Morgan fingerprint density at radius 2 is 2.05 bits per heavy atom. The number of nitrogens with one attached hydrogen (secondary N) is 1. The molecule has 0 atom stereocenters. The third-order valence-electron chi connectivity index (χ3n) is 2.45. The van der Waals surface area contributed by atoms with Crippen LogP contribution >= 0.6 is 11.8 Å². The molecule has 1 aromatic carbocycles. The highest BCUT2D eigenvalue weighted by Gasteiger charge is 2.09. The van der Waals surface area contributed by atoms with E-state index in [-0.39, 0.29) is 30.1 Å². The number of hydrogen-bond donors (Lipinski definition) is 2. The van der Waals surface area contributed by atoms with Gasteiger partial charge in [-0.15, -0.1) is 11.8 Å². The summed E-state index contributed by atoms with van der Waals surface area (Å²) in [6.07, 6.45) is 0.182. The zero-order chi connectivity index (χ0) is 15.0.